The summed E-state index contributed by atoms with van der Waals surface area (Å²) in [5.41, 5.74) is 1.21. The van der Waals surface area contributed by atoms with Crippen LogP contribution in [0.3, 0.4) is 0 Å². The molecule has 1 saturated heterocycles. The van der Waals surface area contributed by atoms with Crippen LogP contribution in [0.15, 0.2) is 18.2 Å². The Hall–Kier alpha value is -0.240. The molecule has 0 atom stereocenters. The van der Waals surface area contributed by atoms with E-state index in [1.807, 2.05) is 18.2 Å². The Bertz CT molecular complexity index is 306. The zero-order chi connectivity index (χ0) is 9.26. The van der Waals surface area contributed by atoms with Crippen LogP contribution < -0.4 is 5.32 Å². The Morgan fingerprint density at radius 2 is 2.00 bits per heavy atom. The van der Waals surface area contributed by atoms with Crippen molar-refractivity contribution in [2.24, 2.45) is 0 Å². The topological polar surface area (TPSA) is 12.0 Å². The van der Waals surface area contributed by atoms with E-state index in [9.17, 15) is 0 Å². The Morgan fingerprint density at radius 1 is 1.15 bits per heavy atom. The van der Waals surface area contributed by atoms with Gasteiger partial charge >= 0.3 is 0 Å². The summed E-state index contributed by atoms with van der Waals surface area (Å²) in [6.45, 7) is 2.04. The molecule has 13 heavy (non-hydrogen) atoms. The van der Waals surface area contributed by atoms with E-state index < -0.39 is 0 Å². The summed E-state index contributed by atoms with van der Waals surface area (Å²) in [5, 5.41) is 4.55. The van der Waals surface area contributed by atoms with Crippen LogP contribution in [0.5, 0.6) is 0 Å². The van der Waals surface area contributed by atoms with Gasteiger partial charge in [-0.1, -0.05) is 29.3 Å². The number of hydrogen-bond acceptors (Lipinski definition) is 1. The molecule has 1 fully saturated rings. The maximum atomic E-state index is 5.93. The summed E-state index contributed by atoms with van der Waals surface area (Å²) < 4.78 is 0. The van der Waals surface area contributed by atoms with E-state index in [0.717, 1.165) is 19.5 Å². The average molecular weight is 215 g/mol. The number of rotatable bonds is 1. The van der Waals surface area contributed by atoms with Crippen molar-refractivity contribution in [2.75, 3.05) is 13.1 Å². The second-order valence-corrected chi connectivity index (χ2v) is 3.97. The molecule has 0 amide bonds. The van der Waals surface area contributed by atoms with E-state index >= 15 is 0 Å². The van der Waals surface area contributed by atoms with Crippen molar-refractivity contribution in [3.63, 3.8) is 0 Å². The first-order valence-electron chi connectivity index (χ1n) is 4.28. The molecule has 0 aromatic heterocycles. The molecule has 1 aliphatic rings. The van der Waals surface area contributed by atoms with Crippen LogP contribution in [0.2, 0.25) is 10.0 Å². The summed E-state index contributed by atoms with van der Waals surface area (Å²) in [6.07, 6.45) is 1.11. The Morgan fingerprint density at radius 3 is 2.62 bits per heavy atom. The number of hydrogen-bond donors (Lipinski definition) is 1. The zero-order valence-corrected chi connectivity index (χ0v) is 8.62. The molecule has 0 saturated carbocycles. The molecule has 1 radical (unpaired) electrons. The lowest BCUT2D eigenvalue weighted by molar-refractivity contribution is 0.860. The minimum Gasteiger partial charge on any atom is -0.316 e. The Kier molecular flexibility index (Phi) is 2.77. The lowest BCUT2D eigenvalue weighted by Crippen LogP contribution is -2.08. The van der Waals surface area contributed by atoms with Gasteiger partial charge in [-0.2, -0.15) is 0 Å². The summed E-state index contributed by atoms with van der Waals surface area (Å²) in [5.74, 6) is 1.42. The number of nitrogens with one attached hydrogen (secondary N) is 1. The van der Waals surface area contributed by atoms with Gasteiger partial charge in [0.1, 0.15) is 0 Å². The highest BCUT2D eigenvalue weighted by Crippen LogP contribution is 2.28. The molecular formula is C10H10Cl2N. The minimum absolute atomic E-state index is 0.622. The predicted octanol–water partition coefficient (Wildman–Crippen LogP) is 2.91. The SMILES string of the molecule is Clc1ccc([C]2CCNC2)cc1Cl. The molecular weight excluding hydrogens is 205 g/mol. The van der Waals surface area contributed by atoms with Gasteiger partial charge < -0.3 is 5.32 Å². The molecule has 0 spiro atoms. The molecule has 0 aliphatic carbocycles. The highest BCUT2D eigenvalue weighted by Gasteiger charge is 2.17. The van der Waals surface area contributed by atoms with E-state index in [1.54, 1.807) is 0 Å². The smallest absolute Gasteiger partial charge is 0.0595 e. The van der Waals surface area contributed by atoms with Crippen LogP contribution in [0.25, 0.3) is 0 Å². The summed E-state index contributed by atoms with van der Waals surface area (Å²) >= 11 is 11.8. The molecule has 1 aliphatic heterocycles. The van der Waals surface area contributed by atoms with Gasteiger partial charge in [-0.15, -0.1) is 0 Å². The summed E-state index contributed by atoms with van der Waals surface area (Å²) in [4.78, 5) is 0. The normalized spacial score (nSPS) is 18.0. The van der Waals surface area contributed by atoms with Gasteiger partial charge in [0.05, 0.1) is 10.0 Å². The quantitative estimate of drug-likeness (QED) is 0.759. The van der Waals surface area contributed by atoms with Crippen LogP contribution in [0.4, 0.5) is 0 Å². The second-order valence-electron chi connectivity index (χ2n) is 3.16. The van der Waals surface area contributed by atoms with Gasteiger partial charge in [-0.3, -0.25) is 0 Å². The van der Waals surface area contributed by atoms with E-state index in [0.29, 0.717) is 10.0 Å². The van der Waals surface area contributed by atoms with Gasteiger partial charge in [0.15, 0.2) is 0 Å². The fraction of sp³-hybridized carbons (Fsp3) is 0.300. The largest absolute Gasteiger partial charge is 0.316 e. The van der Waals surface area contributed by atoms with Crippen LogP contribution in [-0.4, -0.2) is 13.1 Å². The lowest BCUT2D eigenvalue weighted by atomic mass is 9.99. The van der Waals surface area contributed by atoms with Crippen LogP contribution in [0.1, 0.15) is 12.0 Å². The molecule has 1 N–H and O–H groups in total. The standard InChI is InChI=1S/C10H10Cl2N/c11-9-2-1-7(5-10(9)12)8-3-4-13-6-8/h1-2,5,13H,3-4,6H2. The number of benzene rings is 1. The molecule has 3 heteroatoms. The monoisotopic (exact) mass is 214 g/mol. The van der Waals surface area contributed by atoms with E-state index in [4.69, 9.17) is 23.2 Å². The van der Waals surface area contributed by atoms with Crippen molar-refractivity contribution in [3.05, 3.63) is 39.7 Å². The Labute approximate surface area is 88.0 Å². The first-order valence-corrected chi connectivity index (χ1v) is 5.04. The molecule has 1 aromatic carbocycles. The predicted molar refractivity (Wildman–Crippen MR) is 56.3 cm³/mol. The first kappa shape index (κ1) is 9.32. The fourth-order valence-corrected chi connectivity index (χ4v) is 1.83. The highest BCUT2D eigenvalue weighted by atomic mass is 35.5. The van der Waals surface area contributed by atoms with Gasteiger partial charge in [0.25, 0.3) is 0 Å². The second kappa shape index (κ2) is 3.87. The van der Waals surface area contributed by atoms with Crippen LogP contribution in [-0.2, 0) is 0 Å². The van der Waals surface area contributed by atoms with Crippen molar-refractivity contribution in [3.8, 4) is 0 Å². The molecule has 69 valence electrons. The maximum Gasteiger partial charge on any atom is 0.0595 e. The van der Waals surface area contributed by atoms with Crippen molar-refractivity contribution in [1.29, 1.82) is 0 Å². The molecule has 2 rings (SSSR count). The molecule has 1 aromatic rings. The van der Waals surface area contributed by atoms with Gasteiger partial charge in [-0.25, -0.2) is 0 Å². The van der Waals surface area contributed by atoms with Gasteiger partial charge in [0.2, 0.25) is 0 Å². The van der Waals surface area contributed by atoms with Crippen molar-refractivity contribution >= 4 is 23.2 Å². The maximum absolute atomic E-state index is 5.93. The van der Waals surface area contributed by atoms with Crippen LogP contribution in [0, 0.1) is 5.92 Å². The molecule has 1 heterocycles. The van der Waals surface area contributed by atoms with Crippen molar-refractivity contribution in [1.82, 2.24) is 5.32 Å². The molecule has 0 unspecified atom stereocenters. The molecule has 0 bridgehead atoms. The van der Waals surface area contributed by atoms with Crippen LogP contribution >= 0.6 is 23.2 Å². The fourth-order valence-electron chi connectivity index (χ4n) is 1.53. The van der Waals surface area contributed by atoms with E-state index in [1.165, 1.54) is 11.5 Å². The minimum atomic E-state index is 0.622. The van der Waals surface area contributed by atoms with Gasteiger partial charge in [0, 0.05) is 12.5 Å². The third-order valence-corrected chi connectivity index (χ3v) is 3.01. The zero-order valence-electron chi connectivity index (χ0n) is 7.11. The highest BCUT2D eigenvalue weighted by molar-refractivity contribution is 6.42. The van der Waals surface area contributed by atoms with Gasteiger partial charge in [-0.05, 0) is 30.7 Å². The summed E-state index contributed by atoms with van der Waals surface area (Å²) in [7, 11) is 0. The van der Waals surface area contributed by atoms with Crippen molar-refractivity contribution < 1.29 is 0 Å². The Balaban J connectivity index is 2.25. The first-order chi connectivity index (χ1) is 6.27. The van der Waals surface area contributed by atoms with E-state index in [2.05, 4.69) is 5.32 Å². The lowest BCUT2D eigenvalue weighted by Gasteiger charge is -2.08. The third-order valence-electron chi connectivity index (χ3n) is 2.27. The molecule has 1 nitrogen and oxygen atoms in total. The average Bonchev–Trinajstić information content (AvgIpc) is 2.62. The summed E-state index contributed by atoms with van der Waals surface area (Å²) in [6, 6.07) is 5.81. The van der Waals surface area contributed by atoms with E-state index in [-0.39, 0.29) is 0 Å². The number of halogens is 2. The van der Waals surface area contributed by atoms with Crippen molar-refractivity contribution in [2.45, 2.75) is 6.42 Å². The third kappa shape index (κ3) is 1.98.